The van der Waals surface area contributed by atoms with Crippen molar-refractivity contribution in [2.75, 3.05) is 20.3 Å². The third-order valence-corrected chi connectivity index (χ3v) is 3.16. The third kappa shape index (κ3) is 6.68. The van der Waals surface area contributed by atoms with Crippen molar-refractivity contribution >= 4 is 17.8 Å². The molecule has 1 aromatic carbocycles. The molecule has 0 aliphatic carbocycles. The second-order valence-electron chi connectivity index (χ2n) is 5.19. The number of rotatable bonds is 8. The minimum Gasteiger partial charge on any atom is -0.496 e. The molecule has 0 aromatic heterocycles. The summed E-state index contributed by atoms with van der Waals surface area (Å²) in [4.78, 5) is 33.2. The van der Waals surface area contributed by atoms with Crippen molar-refractivity contribution in [1.82, 2.24) is 5.32 Å². The van der Waals surface area contributed by atoms with Crippen LogP contribution in [0.3, 0.4) is 0 Å². The van der Waals surface area contributed by atoms with Crippen molar-refractivity contribution in [2.24, 2.45) is 0 Å². The summed E-state index contributed by atoms with van der Waals surface area (Å²) < 4.78 is 15.6. The van der Waals surface area contributed by atoms with Gasteiger partial charge in [-0.25, -0.2) is 0 Å². The third-order valence-electron chi connectivity index (χ3n) is 3.16. The first-order chi connectivity index (χ1) is 11.3. The molecule has 0 bridgehead atoms. The molecule has 0 unspecified atom stereocenters. The molecule has 0 heterocycles. The lowest BCUT2D eigenvalue weighted by atomic mass is 10.0. The molecule has 7 nitrogen and oxygen atoms in total. The van der Waals surface area contributed by atoms with E-state index < -0.39 is 5.97 Å². The molecular weight excluding hydrogens is 314 g/mol. The van der Waals surface area contributed by atoms with Gasteiger partial charge in [0.1, 0.15) is 11.5 Å². The highest BCUT2D eigenvalue weighted by Gasteiger charge is 2.14. The lowest BCUT2D eigenvalue weighted by Crippen LogP contribution is -2.22. The van der Waals surface area contributed by atoms with E-state index in [4.69, 9.17) is 14.2 Å². The quantitative estimate of drug-likeness (QED) is 0.570. The highest BCUT2D eigenvalue weighted by Crippen LogP contribution is 2.30. The van der Waals surface area contributed by atoms with Gasteiger partial charge >= 0.3 is 11.9 Å². The first kappa shape index (κ1) is 19.5. The first-order valence-electron chi connectivity index (χ1n) is 7.59. The van der Waals surface area contributed by atoms with E-state index in [0.29, 0.717) is 30.9 Å². The van der Waals surface area contributed by atoms with Crippen LogP contribution in [-0.4, -0.2) is 38.1 Å². The largest absolute Gasteiger partial charge is 0.496 e. The number of hydrogen-bond acceptors (Lipinski definition) is 6. The molecule has 0 fully saturated rings. The van der Waals surface area contributed by atoms with Crippen LogP contribution in [0.4, 0.5) is 0 Å². The van der Waals surface area contributed by atoms with E-state index in [1.165, 1.54) is 27.9 Å². The Labute approximate surface area is 141 Å². The van der Waals surface area contributed by atoms with Crippen LogP contribution in [0.5, 0.6) is 11.5 Å². The van der Waals surface area contributed by atoms with Gasteiger partial charge in [-0.3, -0.25) is 14.4 Å². The molecule has 0 aliphatic rings. The summed E-state index contributed by atoms with van der Waals surface area (Å²) in [6, 6.07) is 3.47. The lowest BCUT2D eigenvalue weighted by Gasteiger charge is -2.15. The molecule has 0 spiro atoms. The van der Waals surface area contributed by atoms with E-state index in [9.17, 15) is 14.4 Å². The molecule has 0 atom stereocenters. The smallest absolute Gasteiger partial charge is 0.308 e. The van der Waals surface area contributed by atoms with Gasteiger partial charge in [0.25, 0.3) is 0 Å². The first-order valence-corrected chi connectivity index (χ1v) is 7.59. The van der Waals surface area contributed by atoms with Crippen molar-refractivity contribution in [3.63, 3.8) is 0 Å². The number of amides is 1. The van der Waals surface area contributed by atoms with Crippen molar-refractivity contribution in [2.45, 2.75) is 33.6 Å². The number of hydrogen-bond donors (Lipinski definition) is 1. The Morgan fingerprint density at radius 3 is 2.12 bits per heavy atom. The normalized spacial score (nSPS) is 10.0. The fraction of sp³-hybridized carbons (Fsp3) is 0.471. The SMILES string of the molecule is COc1cc(CCNC(C)=O)c(OC(C)=O)cc1CCOC(C)=O. The summed E-state index contributed by atoms with van der Waals surface area (Å²) >= 11 is 0. The predicted octanol–water partition coefficient (Wildman–Crippen LogP) is 1.40. The molecule has 0 saturated heterocycles. The van der Waals surface area contributed by atoms with Crippen LogP contribution in [0.2, 0.25) is 0 Å². The van der Waals surface area contributed by atoms with Crippen LogP contribution in [-0.2, 0) is 32.0 Å². The summed E-state index contributed by atoms with van der Waals surface area (Å²) in [5, 5.41) is 2.70. The molecule has 7 heteroatoms. The number of nitrogens with one attached hydrogen (secondary N) is 1. The molecular formula is C17H23NO6. The molecule has 24 heavy (non-hydrogen) atoms. The Kier molecular flexibility index (Phi) is 7.74. The monoisotopic (exact) mass is 337 g/mol. The van der Waals surface area contributed by atoms with E-state index in [0.717, 1.165) is 11.1 Å². The predicted molar refractivity (Wildman–Crippen MR) is 87.0 cm³/mol. The van der Waals surface area contributed by atoms with E-state index in [-0.39, 0.29) is 18.5 Å². The van der Waals surface area contributed by atoms with Gasteiger partial charge in [-0.05, 0) is 18.6 Å². The second-order valence-corrected chi connectivity index (χ2v) is 5.19. The average Bonchev–Trinajstić information content (AvgIpc) is 2.47. The topological polar surface area (TPSA) is 90.9 Å². The fourth-order valence-corrected chi connectivity index (χ4v) is 2.15. The van der Waals surface area contributed by atoms with Crippen molar-refractivity contribution in [1.29, 1.82) is 0 Å². The van der Waals surface area contributed by atoms with E-state index in [2.05, 4.69) is 5.32 Å². The zero-order valence-corrected chi connectivity index (χ0v) is 14.4. The van der Waals surface area contributed by atoms with Crippen molar-refractivity contribution in [3.8, 4) is 11.5 Å². The van der Waals surface area contributed by atoms with E-state index in [1.54, 1.807) is 12.1 Å². The van der Waals surface area contributed by atoms with Gasteiger partial charge in [0, 0.05) is 44.9 Å². The van der Waals surface area contributed by atoms with Crippen LogP contribution in [0.25, 0.3) is 0 Å². The molecule has 0 aliphatic heterocycles. The molecule has 1 N–H and O–H groups in total. The molecule has 1 amide bonds. The summed E-state index contributed by atoms with van der Waals surface area (Å²) in [6.07, 6.45) is 0.922. The van der Waals surface area contributed by atoms with E-state index in [1.807, 2.05) is 0 Å². The summed E-state index contributed by atoms with van der Waals surface area (Å²) in [6.45, 7) is 4.72. The van der Waals surface area contributed by atoms with Crippen molar-refractivity contribution in [3.05, 3.63) is 23.3 Å². The molecule has 132 valence electrons. The number of esters is 2. The van der Waals surface area contributed by atoms with Gasteiger partial charge < -0.3 is 19.5 Å². The molecule has 0 radical (unpaired) electrons. The van der Waals surface area contributed by atoms with Gasteiger partial charge in [-0.2, -0.15) is 0 Å². The second kappa shape index (κ2) is 9.54. The molecule has 1 aromatic rings. The zero-order valence-electron chi connectivity index (χ0n) is 14.4. The standard InChI is InChI=1S/C17H23NO6/c1-11(19)18-7-5-14-9-16(22-4)15(6-8-23-12(2)20)10-17(14)24-13(3)21/h9-10H,5-8H2,1-4H3,(H,18,19). The fourth-order valence-electron chi connectivity index (χ4n) is 2.15. The van der Waals surface area contributed by atoms with Gasteiger partial charge in [0.05, 0.1) is 13.7 Å². The zero-order chi connectivity index (χ0) is 18.1. The van der Waals surface area contributed by atoms with Crippen LogP contribution >= 0.6 is 0 Å². The average molecular weight is 337 g/mol. The van der Waals surface area contributed by atoms with Gasteiger partial charge in [0.2, 0.25) is 5.91 Å². The minimum atomic E-state index is -0.438. The minimum absolute atomic E-state index is 0.131. The summed E-state index contributed by atoms with van der Waals surface area (Å²) in [5.74, 6) is 0.0874. The Morgan fingerprint density at radius 2 is 1.58 bits per heavy atom. The van der Waals surface area contributed by atoms with Gasteiger partial charge in [-0.1, -0.05) is 0 Å². The Hall–Kier alpha value is -2.57. The number of carbonyl (C=O) groups excluding carboxylic acids is 3. The highest BCUT2D eigenvalue weighted by molar-refractivity contribution is 5.73. The maximum Gasteiger partial charge on any atom is 0.308 e. The van der Waals surface area contributed by atoms with E-state index >= 15 is 0 Å². The number of benzene rings is 1. The Bertz CT molecular complexity index is 611. The van der Waals surface area contributed by atoms with Crippen LogP contribution in [0.1, 0.15) is 31.9 Å². The highest BCUT2D eigenvalue weighted by atomic mass is 16.5. The lowest BCUT2D eigenvalue weighted by molar-refractivity contribution is -0.140. The van der Waals surface area contributed by atoms with Gasteiger partial charge in [-0.15, -0.1) is 0 Å². The maximum absolute atomic E-state index is 11.3. The number of carbonyl (C=O) groups is 3. The Morgan fingerprint density at radius 1 is 0.958 bits per heavy atom. The number of ether oxygens (including phenoxy) is 3. The van der Waals surface area contributed by atoms with Crippen molar-refractivity contribution < 1.29 is 28.6 Å². The molecule has 0 saturated carbocycles. The molecule has 1 rings (SSSR count). The van der Waals surface area contributed by atoms with Crippen LogP contribution in [0.15, 0.2) is 12.1 Å². The van der Waals surface area contributed by atoms with Gasteiger partial charge in [0.15, 0.2) is 0 Å². The number of methoxy groups -OCH3 is 1. The van der Waals surface area contributed by atoms with Crippen LogP contribution < -0.4 is 14.8 Å². The maximum atomic E-state index is 11.3. The summed E-state index contributed by atoms with van der Waals surface area (Å²) in [5.41, 5.74) is 1.50. The summed E-state index contributed by atoms with van der Waals surface area (Å²) in [7, 11) is 1.54. The Balaban J connectivity index is 3.01. The van der Waals surface area contributed by atoms with Crippen LogP contribution in [0, 0.1) is 0 Å².